The van der Waals surface area contributed by atoms with Crippen molar-refractivity contribution in [3.8, 4) is 0 Å². The molecule has 1 amide bonds. The van der Waals surface area contributed by atoms with E-state index >= 15 is 0 Å². The highest BCUT2D eigenvalue weighted by Crippen LogP contribution is 2.34. The summed E-state index contributed by atoms with van der Waals surface area (Å²) in [4.78, 5) is 12.5. The van der Waals surface area contributed by atoms with Crippen molar-refractivity contribution < 1.29 is 35.5 Å². The third-order valence-corrected chi connectivity index (χ3v) is 6.83. The summed E-state index contributed by atoms with van der Waals surface area (Å²) in [6.45, 7) is 3.98. The number of ether oxygens (including phenoxy) is 1. The molecule has 1 fully saturated rings. The quantitative estimate of drug-likeness (QED) is 0.700. The number of rotatable bonds is 5. The summed E-state index contributed by atoms with van der Waals surface area (Å²) in [7, 11) is -3.71. The van der Waals surface area contributed by atoms with E-state index in [0.717, 1.165) is 6.07 Å². The van der Waals surface area contributed by atoms with Gasteiger partial charge in [0, 0.05) is 16.7 Å². The van der Waals surface area contributed by atoms with Crippen molar-refractivity contribution in [3.63, 3.8) is 0 Å². The number of carbonyl (C=O) groups excluding carboxylic acids is 1. The van der Waals surface area contributed by atoms with E-state index in [1.807, 2.05) is 0 Å². The SMILES string of the molecule is Cc1ccc(S(=O)(=O)CC2(C)COC2)cc1C(=O)Nc1ccc(F)c(C(F)(F)F)c1. The molecule has 3 rings (SSSR count). The summed E-state index contributed by atoms with van der Waals surface area (Å²) in [6.07, 6.45) is -4.92. The van der Waals surface area contributed by atoms with Gasteiger partial charge in [0.05, 0.1) is 29.4 Å². The molecule has 2 aromatic carbocycles. The molecule has 5 nitrogen and oxygen atoms in total. The van der Waals surface area contributed by atoms with Crippen LogP contribution in [0.5, 0.6) is 0 Å². The molecular weight excluding hydrogens is 426 g/mol. The number of anilines is 1. The summed E-state index contributed by atoms with van der Waals surface area (Å²) in [5, 5.41) is 2.27. The largest absolute Gasteiger partial charge is 0.419 e. The Hall–Kier alpha value is -2.46. The van der Waals surface area contributed by atoms with Gasteiger partial charge in [-0.15, -0.1) is 0 Å². The lowest BCUT2D eigenvalue weighted by Gasteiger charge is -2.37. The van der Waals surface area contributed by atoms with Gasteiger partial charge >= 0.3 is 6.18 Å². The first kappa shape index (κ1) is 22.2. The summed E-state index contributed by atoms with van der Waals surface area (Å²) >= 11 is 0. The van der Waals surface area contributed by atoms with Crippen LogP contribution < -0.4 is 5.32 Å². The molecule has 0 saturated carbocycles. The summed E-state index contributed by atoms with van der Waals surface area (Å²) in [5.74, 6) is -2.42. The minimum atomic E-state index is -4.92. The highest BCUT2D eigenvalue weighted by atomic mass is 32.2. The molecule has 162 valence electrons. The monoisotopic (exact) mass is 445 g/mol. The van der Waals surface area contributed by atoms with E-state index in [2.05, 4.69) is 5.32 Å². The first-order valence-electron chi connectivity index (χ1n) is 8.90. The third kappa shape index (κ3) is 4.65. The van der Waals surface area contributed by atoms with Gasteiger partial charge in [-0.3, -0.25) is 4.79 Å². The van der Waals surface area contributed by atoms with Gasteiger partial charge < -0.3 is 10.1 Å². The van der Waals surface area contributed by atoms with E-state index in [4.69, 9.17) is 4.74 Å². The average Bonchev–Trinajstić information content (AvgIpc) is 2.60. The van der Waals surface area contributed by atoms with E-state index in [0.29, 0.717) is 30.9 Å². The van der Waals surface area contributed by atoms with E-state index < -0.39 is 38.7 Å². The highest BCUT2D eigenvalue weighted by Gasteiger charge is 2.39. The van der Waals surface area contributed by atoms with Crippen LogP contribution >= 0.6 is 0 Å². The molecule has 0 aliphatic carbocycles. The lowest BCUT2D eigenvalue weighted by atomic mass is 9.92. The van der Waals surface area contributed by atoms with E-state index in [1.165, 1.54) is 18.2 Å². The molecule has 0 radical (unpaired) electrons. The average molecular weight is 445 g/mol. The molecule has 1 aliphatic rings. The van der Waals surface area contributed by atoms with Gasteiger partial charge in [-0.1, -0.05) is 13.0 Å². The summed E-state index contributed by atoms with van der Waals surface area (Å²) < 4.78 is 82.6. The maximum atomic E-state index is 13.4. The van der Waals surface area contributed by atoms with Crippen molar-refractivity contribution in [2.24, 2.45) is 5.41 Å². The molecule has 0 atom stereocenters. The number of aryl methyl sites for hydroxylation is 1. The zero-order valence-corrected chi connectivity index (χ0v) is 17.0. The maximum absolute atomic E-state index is 13.4. The zero-order chi connectivity index (χ0) is 22.3. The number of hydrogen-bond donors (Lipinski definition) is 1. The lowest BCUT2D eigenvalue weighted by Crippen LogP contribution is -2.45. The topological polar surface area (TPSA) is 72.5 Å². The van der Waals surface area contributed by atoms with Crippen molar-refractivity contribution in [2.45, 2.75) is 24.9 Å². The highest BCUT2D eigenvalue weighted by molar-refractivity contribution is 7.91. The van der Waals surface area contributed by atoms with Crippen molar-refractivity contribution in [1.82, 2.24) is 0 Å². The minimum Gasteiger partial charge on any atom is -0.380 e. The second-order valence-electron chi connectivity index (χ2n) is 7.69. The van der Waals surface area contributed by atoms with Crippen molar-refractivity contribution in [2.75, 3.05) is 24.3 Å². The summed E-state index contributed by atoms with van der Waals surface area (Å²) in [5.41, 5.74) is -1.86. The number of benzene rings is 2. The zero-order valence-electron chi connectivity index (χ0n) is 16.1. The predicted octanol–water partition coefficient (Wildman–Crippen LogP) is 4.22. The van der Waals surface area contributed by atoms with Gasteiger partial charge in [0.25, 0.3) is 5.91 Å². The predicted molar refractivity (Wildman–Crippen MR) is 102 cm³/mol. The number of halogens is 4. The Labute approximate surface area is 171 Å². The van der Waals surface area contributed by atoms with Crippen molar-refractivity contribution >= 4 is 21.4 Å². The Balaban J connectivity index is 1.87. The molecule has 1 heterocycles. The fraction of sp³-hybridized carbons (Fsp3) is 0.350. The fourth-order valence-electron chi connectivity index (χ4n) is 3.13. The normalized spacial score (nSPS) is 16.1. The first-order chi connectivity index (χ1) is 13.8. The number of nitrogens with one attached hydrogen (secondary N) is 1. The van der Waals surface area contributed by atoms with Crippen LogP contribution in [0.25, 0.3) is 0 Å². The van der Waals surface area contributed by atoms with Crippen LogP contribution in [0, 0.1) is 18.2 Å². The van der Waals surface area contributed by atoms with Crippen LogP contribution in [-0.2, 0) is 20.8 Å². The Kier molecular flexibility index (Phi) is 5.68. The molecule has 1 aliphatic heterocycles. The van der Waals surface area contributed by atoms with Crippen LogP contribution in [0.1, 0.15) is 28.4 Å². The first-order valence-corrected chi connectivity index (χ1v) is 10.6. The third-order valence-electron chi connectivity index (χ3n) is 4.78. The Morgan fingerprint density at radius 1 is 1.17 bits per heavy atom. The number of hydrogen-bond acceptors (Lipinski definition) is 4. The lowest BCUT2D eigenvalue weighted by molar-refractivity contribution is -0.139. The van der Waals surface area contributed by atoms with Gasteiger partial charge in [0.1, 0.15) is 5.82 Å². The summed E-state index contributed by atoms with van der Waals surface area (Å²) in [6, 6.07) is 6.11. The second kappa shape index (κ2) is 7.66. The molecule has 0 bridgehead atoms. The van der Waals surface area contributed by atoms with E-state index in [9.17, 15) is 30.8 Å². The molecular formula is C20H19F4NO4S. The Morgan fingerprint density at radius 2 is 1.83 bits per heavy atom. The maximum Gasteiger partial charge on any atom is 0.419 e. The molecule has 2 aromatic rings. The number of sulfone groups is 1. The van der Waals surface area contributed by atoms with Crippen molar-refractivity contribution in [3.05, 3.63) is 58.9 Å². The van der Waals surface area contributed by atoms with Gasteiger partial charge in [-0.05, 0) is 42.8 Å². The standard InChI is InChI=1S/C20H19F4NO4S/c1-12-3-5-14(30(27,28)11-19(2)9-29-10-19)8-15(12)18(26)25-13-4-6-17(21)16(7-13)20(22,23)24/h3-8H,9-11H2,1-2H3,(H,25,26). The molecule has 0 unspecified atom stereocenters. The number of alkyl halides is 3. The van der Waals surface area contributed by atoms with Gasteiger partial charge in [-0.25, -0.2) is 12.8 Å². The van der Waals surface area contributed by atoms with Crippen LogP contribution in [-0.4, -0.2) is 33.3 Å². The van der Waals surface area contributed by atoms with Crippen LogP contribution in [0.15, 0.2) is 41.3 Å². The van der Waals surface area contributed by atoms with Crippen LogP contribution in [0.3, 0.4) is 0 Å². The molecule has 30 heavy (non-hydrogen) atoms. The molecule has 1 saturated heterocycles. The number of carbonyl (C=O) groups is 1. The van der Waals surface area contributed by atoms with Gasteiger partial charge in [-0.2, -0.15) is 13.2 Å². The smallest absolute Gasteiger partial charge is 0.380 e. The van der Waals surface area contributed by atoms with E-state index in [-0.39, 0.29) is 21.9 Å². The van der Waals surface area contributed by atoms with Gasteiger partial charge in [0.2, 0.25) is 0 Å². The van der Waals surface area contributed by atoms with Crippen LogP contribution in [0.2, 0.25) is 0 Å². The molecule has 0 spiro atoms. The van der Waals surface area contributed by atoms with Crippen LogP contribution in [0.4, 0.5) is 23.2 Å². The minimum absolute atomic E-state index is 0.0102. The Bertz CT molecular complexity index is 1090. The van der Waals surface area contributed by atoms with E-state index in [1.54, 1.807) is 13.8 Å². The second-order valence-corrected chi connectivity index (χ2v) is 9.68. The van der Waals surface area contributed by atoms with Gasteiger partial charge in [0.15, 0.2) is 9.84 Å². The Morgan fingerprint density at radius 3 is 2.40 bits per heavy atom. The fourth-order valence-corrected chi connectivity index (χ4v) is 4.96. The van der Waals surface area contributed by atoms with Crippen molar-refractivity contribution in [1.29, 1.82) is 0 Å². The molecule has 10 heteroatoms. The molecule has 0 aromatic heterocycles. The molecule has 1 N–H and O–H groups in total. The number of amides is 1.